The molecule has 1 atom stereocenters. The summed E-state index contributed by atoms with van der Waals surface area (Å²) < 4.78 is 0. The van der Waals surface area contributed by atoms with E-state index in [1.807, 2.05) is 30.0 Å². The van der Waals surface area contributed by atoms with Gasteiger partial charge in [-0.25, -0.2) is 4.98 Å². The van der Waals surface area contributed by atoms with Crippen LogP contribution in [0.5, 0.6) is 0 Å². The number of anilines is 1. The van der Waals surface area contributed by atoms with Crippen LogP contribution in [-0.2, 0) is 11.2 Å². The number of nitrogens with zero attached hydrogens (tertiary/aromatic N) is 2. The van der Waals surface area contributed by atoms with Gasteiger partial charge in [-0.1, -0.05) is 41.6 Å². The van der Waals surface area contributed by atoms with E-state index >= 15 is 0 Å². The Morgan fingerprint density at radius 1 is 1.33 bits per heavy atom. The quantitative estimate of drug-likeness (QED) is 0.807. The molecule has 0 radical (unpaired) electrons. The number of carbonyl (C=O) groups excluding carboxylic acids is 1. The van der Waals surface area contributed by atoms with Gasteiger partial charge in [0.15, 0.2) is 0 Å². The zero-order valence-electron chi connectivity index (χ0n) is 11.6. The lowest BCUT2D eigenvalue weighted by atomic mass is 10.2. The summed E-state index contributed by atoms with van der Waals surface area (Å²) in [4.78, 5) is 18.8. The molecule has 2 aromatic rings. The average molecular weight is 319 g/mol. The fourth-order valence-corrected chi connectivity index (χ4v) is 3.58. The SMILES string of the molecule is CC(Sc1ncccc1Cl)C(=O)N1CCc2ccccc21. The van der Waals surface area contributed by atoms with Gasteiger partial charge in [-0.3, -0.25) is 4.79 Å². The van der Waals surface area contributed by atoms with Crippen molar-refractivity contribution in [1.82, 2.24) is 4.98 Å². The molecule has 108 valence electrons. The molecule has 3 rings (SSSR count). The number of hydrogen-bond acceptors (Lipinski definition) is 3. The Kier molecular flexibility index (Phi) is 4.17. The van der Waals surface area contributed by atoms with E-state index in [1.165, 1.54) is 17.3 Å². The van der Waals surface area contributed by atoms with Crippen LogP contribution in [0.1, 0.15) is 12.5 Å². The van der Waals surface area contributed by atoms with E-state index in [2.05, 4.69) is 11.1 Å². The lowest BCUT2D eigenvalue weighted by molar-refractivity contribution is -0.117. The van der Waals surface area contributed by atoms with Crippen molar-refractivity contribution < 1.29 is 4.79 Å². The second-order valence-electron chi connectivity index (χ2n) is 4.92. The Morgan fingerprint density at radius 2 is 2.14 bits per heavy atom. The Labute approximate surface area is 133 Å². The fraction of sp³-hybridized carbons (Fsp3) is 0.250. The normalized spacial score (nSPS) is 14.9. The molecule has 3 nitrogen and oxygen atoms in total. The van der Waals surface area contributed by atoms with Gasteiger partial charge in [-0.2, -0.15) is 0 Å². The molecule has 1 amide bonds. The van der Waals surface area contributed by atoms with Gasteiger partial charge in [0.2, 0.25) is 5.91 Å². The van der Waals surface area contributed by atoms with Crippen molar-refractivity contribution in [2.24, 2.45) is 0 Å². The number of benzene rings is 1. The summed E-state index contributed by atoms with van der Waals surface area (Å²) in [5.41, 5.74) is 2.26. The highest BCUT2D eigenvalue weighted by atomic mass is 35.5. The number of thioether (sulfide) groups is 1. The zero-order chi connectivity index (χ0) is 14.8. The third-order valence-electron chi connectivity index (χ3n) is 3.51. The van der Waals surface area contributed by atoms with Crippen LogP contribution < -0.4 is 4.90 Å². The molecule has 1 aromatic heterocycles. The van der Waals surface area contributed by atoms with Gasteiger partial charge in [0.05, 0.1) is 10.3 Å². The van der Waals surface area contributed by atoms with E-state index in [0.717, 1.165) is 18.7 Å². The maximum absolute atomic E-state index is 12.7. The third-order valence-corrected chi connectivity index (χ3v) is 5.03. The first-order valence-electron chi connectivity index (χ1n) is 6.83. The van der Waals surface area contributed by atoms with E-state index in [1.54, 1.807) is 18.3 Å². The maximum atomic E-state index is 12.7. The van der Waals surface area contributed by atoms with Crippen LogP contribution in [0.3, 0.4) is 0 Å². The number of pyridine rings is 1. The Bertz CT molecular complexity index is 677. The molecule has 0 saturated carbocycles. The van der Waals surface area contributed by atoms with Crippen LogP contribution in [-0.4, -0.2) is 22.7 Å². The van der Waals surface area contributed by atoms with Crippen molar-refractivity contribution in [3.05, 3.63) is 53.2 Å². The molecule has 1 aromatic carbocycles. The van der Waals surface area contributed by atoms with E-state index in [9.17, 15) is 4.79 Å². The first kappa shape index (κ1) is 14.4. The molecule has 1 aliphatic rings. The summed E-state index contributed by atoms with van der Waals surface area (Å²) in [5.74, 6) is 0.103. The van der Waals surface area contributed by atoms with Crippen LogP contribution >= 0.6 is 23.4 Å². The lowest BCUT2D eigenvalue weighted by Crippen LogP contribution is -2.35. The van der Waals surface area contributed by atoms with Crippen LogP contribution in [0.25, 0.3) is 0 Å². The predicted molar refractivity (Wildman–Crippen MR) is 87.1 cm³/mol. The molecular formula is C16H15ClN2OS. The van der Waals surface area contributed by atoms with E-state index < -0.39 is 0 Å². The minimum absolute atomic E-state index is 0.103. The molecule has 1 aliphatic heterocycles. The maximum Gasteiger partial charge on any atom is 0.240 e. The van der Waals surface area contributed by atoms with Crippen LogP contribution in [0.4, 0.5) is 5.69 Å². The summed E-state index contributed by atoms with van der Waals surface area (Å²) in [7, 11) is 0. The smallest absolute Gasteiger partial charge is 0.240 e. The van der Waals surface area contributed by atoms with Gasteiger partial charge in [0.25, 0.3) is 0 Å². The Hall–Kier alpha value is -1.52. The van der Waals surface area contributed by atoms with Crippen LogP contribution in [0.15, 0.2) is 47.6 Å². The number of rotatable bonds is 3. The molecule has 1 unspecified atom stereocenters. The average Bonchev–Trinajstić information content (AvgIpc) is 2.92. The van der Waals surface area contributed by atoms with E-state index in [4.69, 9.17) is 11.6 Å². The highest BCUT2D eigenvalue weighted by Crippen LogP contribution is 2.32. The topological polar surface area (TPSA) is 33.2 Å². The minimum Gasteiger partial charge on any atom is -0.311 e. The molecule has 5 heteroatoms. The van der Waals surface area contributed by atoms with E-state index in [0.29, 0.717) is 10.0 Å². The van der Waals surface area contributed by atoms with Crippen molar-refractivity contribution in [2.45, 2.75) is 23.6 Å². The van der Waals surface area contributed by atoms with Gasteiger partial charge in [-0.05, 0) is 37.1 Å². The Balaban J connectivity index is 1.76. The molecule has 0 spiro atoms. The number of amides is 1. The number of aromatic nitrogens is 1. The molecular weight excluding hydrogens is 304 g/mol. The molecule has 0 N–H and O–H groups in total. The third kappa shape index (κ3) is 2.92. The molecule has 0 aliphatic carbocycles. The second kappa shape index (κ2) is 6.08. The molecule has 0 saturated heterocycles. The summed E-state index contributed by atoms with van der Waals surface area (Å²) in [6.07, 6.45) is 2.61. The van der Waals surface area contributed by atoms with Crippen LogP contribution in [0.2, 0.25) is 5.02 Å². The minimum atomic E-state index is -0.219. The van der Waals surface area contributed by atoms with Crippen molar-refractivity contribution in [2.75, 3.05) is 11.4 Å². The fourth-order valence-electron chi connectivity index (χ4n) is 2.46. The van der Waals surface area contributed by atoms with Gasteiger partial charge >= 0.3 is 0 Å². The van der Waals surface area contributed by atoms with Gasteiger partial charge < -0.3 is 4.90 Å². The van der Waals surface area contributed by atoms with Gasteiger partial charge in [0, 0.05) is 18.4 Å². The lowest BCUT2D eigenvalue weighted by Gasteiger charge is -2.21. The van der Waals surface area contributed by atoms with Crippen molar-refractivity contribution in [1.29, 1.82) is 0 Å². The number of hydrogen-bond donors (Lipinski definition) is 0. The monoisotopic (exact) mass is 318 g/mol. The van der Waals surface area contributed by atoms with Crippen molar-refractivity contribution in [3.8, 4) is 0 Å². The van der Waals surface area contributed by atoms with Crippen molar-refractivity contribution in [3.63, 3.8) is 0 Å². The predicted octanol–water partition coefficient (Wildman–Crippen LogP) is 3.80. The second-order valence-corrected chi connectivity index (χ2v) is 6.66. The largest absolute Gasteiger partial charge is 0.311 e. The van der Waals surface area contributed by atoms with Gasteiger partial charge in [0.1, 0.15) is 5.03 Å². The highest BCUT2D eigenvalue weighted by Gasteiger charge is 2.28. The number of halogens is 1. The number of fused-ring (bicyclic) bond motifs is 1. The zero-order valence-corrected chi connectivity index (χ0v) is 13.2. The summed E-state index contributed by atoms with van der Waals surface area (Å²) in [5, 5.41) is 1.07. The van der Waals surface area contributed by atoms with Gasteiger partial charge in [-0.15, -0.1) is 0 Å². The summed E-state index contributed by atoms with van der Waals surface area (Å²) >= 11 is 7.51. The molecule has 21 heavy (non-hydrogen) atoms. The van der Waals surface area contributed by atoms with Crippen molar-refractivity contribution >= 4 is 35.0 Å². The number of carbonyl (C=O) groups is 1. The first-order valence-corrected chi connectivity index (χ1v) is 8.09. The Morgan fingerprint density at radius 3 is 2.95 bits per heavy atom. The molecule has 0 bridgehead atoms. The standard InChI is InChI=1S/C16H15ClN2OS/c1-11(21-15-13(17)6-4-9-18-15)16(20)19-10-8-12-5-2-3-7-14(12)19/h2-7,9,11H,8,10H2,1H3. The molecule has 0 fully saturated rings. The first-order chi connectivity index (χ1) is 10.2. The number of para-hydroxylation sites is 1. The summed E-state index contributed by atoms with van der Waals surface area (Å²) in [6.45, 7) is 2.65. The highest BCUT2D eigenvalue weighted by molar-refractivity contribution is 8.00. The molecule has 2 heterocycles. The van der Waals surface area contributed by atoms with Crippen LogP contribution in [0, 0.1) is 0 Å². The van der Waals surface area contributed by atoms with E-state index in [-0.39, 0.29) is 11.2 Å². The summed E-state index contributed by atoms with van der Waals surface area (Å²) in [6, 6.07) is 11.6.